The van der Waals surface area contributed by atoms with E-state index >= 15 is 0 Å². The molecule has 116 valence electrons. The van der Waals surface area contributed by atoms with Crippen LogP contribution in [0.5, 0.6) is 5.75 Å². The number of hydrogen-bond donors (Lipinski definition) is 2. The zero-order valence-corrected chi connectivity index (χ0v) is 12.8. The van der Waals surface area contributed by atoms with E-state index in [4.69, 9.17) is 10.5 Å². The van der Waals surface area contributed by atoms with E-state index in [0.717, 1.165) is 12.1 Å². The van der Waals surface area contributed by atoms with E-state index in [1.165, 1.54) is 25.7 Å². The Balaban J connectivity index is 1.69. The molecule has 0 aromatic heterocycles. The third kappa shape index (κ3) is 5.05. The van der Waals surface area contributed by atoms with Crippen molar-refractivity contribution in [1.29, 1.82) is 0 Å². The summed E-state index contributed by atoms with van der Waals surface area (Å²) in [5.74, 6) is 1.99. The lowest BCUT2D eigenvalue weighted by molar-refractivity contribution is -0.123. The van der Waals surface area contributed by atoms with E-state index in [0.29, 0.717) is 24.1 Å². The number of rotatable bonds is 6. The Morgan fingerprint density at radius 2 is 2.00 bits per heavy atom. The van der Waals surface area contributed by atoms with E-state index in [1.807, 2.05) is 24.3 Å². The lowest BCUT2D eigenvalue weighted by Gasteiger charge is -2.28. The molecule has 1 saturated carbocycles. The van der Waals surface area contributed by atoms with Gasteiger partial charge in [0, 0.05) is 13.1 Å². The molecule has 0 bridgehead atoms. The summed E-state index contributed by atoms with van der Waals surface area (Å²) in [7, 11) is 0. The summed E-state index contributed by atoms with van der Waals surface area (Å²) in [5.41, 5.74) is 6.59. The topological polar surface area (TPSA) is 64.3 Å². The zero-order valence-electron chi connectivity index (χ0n) is 12.8. The van der Waals surface area contributed by atoms with Gasteiger partial charge in [-0.1, -0.05) is 38.3 Å². The van der Waals surface area contributed by atoms with Crippen molar-refractivity contribution in [3.8, 4) is 5.75 Å². The van der Waals surface area contributed by atoms with E-state index in [9.17, 15) is 4.79 Å². The number of amides is 1. The second-order valence-corrected chi connectivity index (χ2v) is 5.96. The smallest absolute Gasteiger partial charge is 0.257 e. The van der Waals surface area contributed by atoms with E-state index < -0.39 is 0 Å². The maximum Gasteiger partial charge on any atom is 0.257 e. The molecule has 0 radical (unpaired) electrons. The molecule has 0 aliphatic heterocycles. The summed E-state index contributed by atoms with van der Waals surface area (Å²) < 4.78 is 5.48. The van der Waals surface area contributed by atoms with Crippen LogP contribution in [0, 0.1) is 11.8 Å². The Kier molecular flexibility index (Phi) is 6.05. The third-order valence-electron chi connectivity index (χ3n) is 4.38. The molecule has 4 nitrogen and oxygen atoms in total. The molecule has 1 aliphatic rings. The molecule has 2 unspecified atom stereocenters. The van der Waals surface area contributed by atoms with E-state index in [1.54, 1.807) is 0 Å². The van der Waals surface area contributed by atoms with Gasteiger partial charge in [-0.3, -0.25) is 4.79 Å². The molecule has 1 aromatic carbocycles. The molecular formula is C17H26N2O2. The van der Waals surface area contributed by atoms with Gasteiger partial charge in [-0.25, -0.2) is 0 Å². The monoisotopic (exact) mass is 290 g/mol. The zero-order chi connectivity index (χ0) is 15.1. The van der Waals surface area contributed by atoms with Gasteiger partial charge < -0.3 is 15.8 Å². The summed E-state index contributed by atoms with van der Waals surface area (Å²) in [6.45, 7) is 3.64. The second kappa shape index (κ2) is 8.03. The fraction of sp³-hybridized carbons (Fsp3) is 0.588. The Morgan fingerprint density at radius 3 is 2.67 bits per heavy atom. The fourth-order valence-corrected chi connectivity index (χ4v) is 2.86. The minimum Gasteiger partial charge on any atom is -0.484 e. The molecule has 0 heterocycles. The van der Waals surface area contributed by atoms with Crippen molar-refractivity contribution < 1.29 is 9.53 Å². The summed E-state index contributed by atoms with van der Waals surface area (Å²) in [4.78, 5) is 11.8. The Labute approximate surface area is 127 Å². The number of hydrogen-bond acceptors (Lipinski definition) is 3. The van der Waals surface area contributed by atoms with Gasteiger partial charge >= 0.3 is 0 Å². The SMILES string of the molecule is CC1CCCCC1CNC(=O)COc1ccc(CN)cc1. The minimum absolute atomic E-state index is 0.0457. The highest BCUT2D eigenvalue weighted by atomic mass is 16.5. The highest BCUT2D eigenvalue weighted by Crippen LogP contribution is 2.28. The predicted molar refractivity (Wildman–Crippen MR) is 84.0 cm³/mol. The van der Waals surface area contributed by atoms with Crippen LogP contribution < -0.4 is 15.8 Å². The van der Waals surface area contributed by atoms with E-state index in [-0.39, 0.29) is 12.5 Å². The van der Waals surface area contributed by atoms with Crippen LogP contribution in [0.1, 0.15) is 38.2 Å². The second-order valence-electron chi connectivity index (χ2n) is 5.96. The molecule has 21 heavy (non-hydrogen) atoms. The fourth-order valence-electron chi connectivity index (χ4n) is 2.86. The van der Waals surface area contributed by atoms with Gasteiger partial charge in [0.15, 0.2) is 6.61 Å². The number of nitrogens with two attached hydrogens (primary N) is 1. The van der Waals surface area contributed by atoms with Crippen LogP contribution in [-0.4, -0.2) is 19.1 Å². The number of carbonyl (C=O) groups excluding carboxylic acids is 1. The highest BCUT2D eigenvalue weighted by Gasteiger charge is 2.21. The van der Waals surface area contributed by atoms with Crippen molar-refractivity contribution in [2.75, 3.05) is 13.2 Å². The average Bonchev–Trinajstić information content (AvgIpc) is 2.52. The predicted octanol–water partition coefficient (Wildman–Crippen LogP) is 2.47. The molecule has 0 spiro atoms. The summed E-state index contributed by atoms with van der Waals surface area (Å²) >= 11 is 0. The van der Waals surface area contributed by atoms with Crippen LogP contribution >= 0.6 is 0 Å². The van der Waals surface area contributed by atoms with Gasteiger partial charge in [-0.15, -0.1) is 0 Å². The maximum absolute atomic E-state index is 11.8. The first-order chi connectivity index (χ1) is 10.2. The Bertz CT molecular complexity index is 445. The van der Waals surface area contributed by atoms with E-state index in [2.05, 4.69) is 12.2 Å². The van der Waals surface area contributed by atoms with Gasteiger partial charge in [0.1, 0.15) is 5.75 Å². The first kappa shape index (κ1) is 15.8. The van der Waals surface area contributed by atoms with Gasteiger partial charge in [0.05, 0.1) is 0 Å². The largest absolute Gasteiger partial charge is 0.484 e. The highest BCUT2D eigenvalue weighted by molar-refractivity contribution is 5.77. The van der Waals surface area contributed by atoms with Crippen molar-refractivity contribution in [2.24, 2.45) is 17.6 Å². The molecule has 1 aliphatic carbocycles. The quantitative estimate of drug-likeness (QED) is 0.846. The molecule has 1 fully saturated rings. The molecule has 4 heteroatoms. The lowest BCUT2D eigenvalue weighted by atomic mass is 9.80. The van der Waals surface area contributed by atoms with Crippen LogP contribution in [0.15, 0.2) is 24.3 Å². The summed E-state index contributed by atoms with van der Waals surface area (Å²) in [6.07, 6.45) is 5.12. The van der Waals surface area contributed by atoms with Gasteiger partial charge in [-0.2, -0.15) is 0 Å². The maximum atomic E-state index is 11.8. The number of ether oxygens (including phenoxy) is 1. The first-order valence-electron chi connectivity index (χ1n) is 7.87. The molecule has 1 amide bonds. The van der Waals surface area contributed by atoms with Crippen LogP contribution in [-0.2, 0) is 11.3 Å². The number of benzene rings is 1. The van der Waals surface area contributed by atoms with Crippen molar-refractivity contribution in [2.45, 2.75) is 39.2 Å². The van der Waals surface area contributed by atoms with Crippen LogP contribution in [0.2, 0.25) is 0 Å². The summed E-state index contributed by atoms with van der Waals surface area (Å²) in [5, 5.41) is 2.99. The first-order valence-corrected chi connectivity index (χ1v) is 7.87. The van der Waals surface area contributed by atoms with Crippen molar-refractivity contribution in [3.05, 3.63) is 29.8 Å². The van der Waals surface area contributed by atoms with Crippen LogP contribution in [0.3, 0.4) is 0 Å². The van der Waals surface area contributed by atoms with Crippen molar-refractivity contribution >= 4 is 5.91 Å². The number of nitrogens with one attached hydrogen (secondary N) is 1. The average molecular weight is 290 g/mol. The van der Waals surface area contributed by atoms with Crippen LogP contribution in [0.4, 0.5) is 0 Å². The van der Waals surface area contributed by atoms with Gasteiger partial charge in [0.25, 0.3) is 5.91 Å². The van der Waals surface area contributed by atoms with Crippen LogP contribution in [0.25, 0.3) is 0 Å². The molecule has 3 N–H and O–H groups in total. The van der Waals surface area contributed by atoms with Gasteiger partial charge in [-0.05, 0) is 36.0 Å². The molecule has 1 aromatic rings. The molecule has 2 atom stereocenters. The normalized spacial score (nSPS) is 21.8. The van der Waals surface area contributed by atoms with Gasteiger partial charge in [0.2, 0.25) is 0 Å². The van der Waals surface area contributed by atoms with Crippen molar-refractivity contribution in [3.63, 3.8) is 0 Å². The Hall–Kier alpha value is -1.55. The molecule has 2 rings (SSSR count). The number of carbonyl (C=O) groups is 1. The Morgan fingerprint density at radius 1 is 1.29 bits per heavy atom. The lowest BCUT2D eigenvalue weighted by Crippen LogP contribution is -2.36. The third-order valence-corrected chi connectivity index (χ3v) is 4.38. The summed E-state index contributed by atoms with van der Waals surface area (Å²) in [6, 6.07) is 7.52. The minimum atomic E-state index is -0.0457. The standard InChI is InChI=1S/C17H26N2O2/c1-13-4-2-3-5-15(13)11-19-17(20)12-21-16-8-6-14(10-18)7-9-16/h6-9,13,15H,2-5,10-12,18H2,1H3,(H,19,20). The molecular weight excluding hydrogens is 264 g/mol. The van der Waals surface area contributed by atoms with Crippen molar-refractivity contribution in [1.82, 2.24) is 5.32 Å². The molecule has 0 saturated heterocycles.